The topological polar surface area (TPSA) is 122 Å². The average Bonchev–Trinajstić information content (AvgIpc) is 2.49. The van der Waals surface area contributed by atoms with E-state index in [1.54, 1.807) is 43.3 Å². The summed E-state index contributed by atoms with van der Waals surface area (Å²) in [6.07, 6.45) is 3.62. The highest BCUT2D eigenvalue weighted by atomic mass is 16.4. The summed E-state index contributed by atoms with van der Waals surface area (Å²) in [4.78, 5) is 33.7. The maximum atomic E-state index is 12.0. The molecule has 7 nitrogen and oxygen atoms in total. The number of aliphatic carboxylic acids is 1. The molecular weight excluding hydrogens is 286 g/mol. The predicted octanol–water partition coefficient (Wildman–Crippen LogP) is 1.00. The zero-order valence-electron chi connectivity index (χ0n) is 12.2. The fraction of sp³-hybridized carbons (Fsp3) is 0.267. The number of urea groups is 1. The Bertz CT molecular complexity index is 567. The van der Waals surface area contributed by atoms with Crippen LogP contribution < -0.4 is 16.4 Å². The molecule has 0 spiro atoms. The smallest absolute Gasteiger partial charge is 0.326 e. The van der Waals surface area contributed by atoms with E-state index in [0.29, 0.717) is 5.56 Å². The van der Waals surface area contributed by atoms with Gasteiger partial charge in [-0.25, -0.2) is 9.59 Å². The molecule has 1 aromatic rings. The van der Waals surface area contributed by atoms with Crippen molar-refractivity contribution in [2.45, 2.75) is 25.9 Å². The molecule has 22 heavy (non-hydrogen) atoms. The number of carboxylic acids is 1. The molecule has 0 aliphatic carbocycles. The molecule has 0 fully saturated rings. The Hall–Kier alpha value is -2.83. The summed E-state index contributed by atoms with van der Waals surface area (Å²) in [5, 5.41) is 14.0. The SMILES string of the molecule is C/C=C/CC(NC(=O)c1ccc(CNC(N)=O)cc1)C(=O)O. The minimum absolute atomic E-state index is 0.220. The number of carbonyl (C=O) groups excluding carboxylic acids is 2. The van der Waals surface area contributed by atoms with Gasteiger partial charge in [0.2, 0.25) is 0 Å². The van der Waals surface area contributed by atoms with Crippen LogP contribution in [-0.2, 0) is 11.3 Å². The molecule has 5 N–H and O–H groups in total. The maximum absolute atomic E-state index is 12.0. The fourth-order valence-corrected chi connectivity index (χ4v) is 1.70. The van der Waals surface area contributed by atoms with E-state index < -0.39 is 23.9 Å². The Morgan fingerprint density at radius 2 is 1.91 bits per heavy atom. The van der Waals surface area contributed by atoms with Crippen LogP contribution in [0.3, 0.4) is 0 Å². The third-order valence-corrected chi connectivity index (χ3v) is 2.89. The molecular formula is C15H19N3O4. The predicted molar refractivity (Wildman–Crippen MR) is 81.2 cm³/mol. The minimum atomic E-state index is -1.09. The molecule has 1 unspecified atom stereocenters. The molecule has 118 valence electrons. The van der Waals surface area contributed by atoms with Gasteiger partial charge in [0.1, 0.15) is 6.04 Å². The lowest BCUT2D eigenvalue weighted by Crippen LogP contribution is -2.40. The van der Waals surface area contributed by atoms with Crippen molar-refractivity contribution in [3.05, 3.63) is 47.5 Å². The molecule has 0 saturated carbocycles. The van der Waals surface area contributed by atoms with Crippen LogP contribution in [0, 0.1) is 0 Å². The van der Waals surface area contributed by atoms with E-state index in [1.807, 2.05) is 0 Å². The van der Waals surface area contributed by atoms with Crippen LogP contribution in [-0.4, -0.2) is 29.1 Å². The van der Waals surface area contributed by atoms with Gasteiger partial charge in [-0.15, -0.1) is 0 Å². The number of carbonyl (C=O) groups is 3. The van der Waals surface area contributed by atoms with E-state index in [-0.39, 0.29) is 13.0 Å². The van der Waals surface area contributed by atoms with Gasteiger partial charge in [0.25, 0.3) is 5.91 Å². The summed E-state index contributed by atoms with van der Waals surface area (Å²) in [7, 11) is 0. The van der Waals surface area contributed by atoms with Gasteiger partial charge in [0.15, 0.2) is 0 Å². The molecule has 1 rings (SSSR count). The Balaban J connectivity index is 2.68. The number of hydrogen-bond acceptors (Lipinski definition) is 3. The van der Waals surface area contributed by atoms with Gasteiger partial charge in [0, 0.05) is 12.1 Å². The second-order valence-electron chi connectivity index (χ2n) is 4.58. The van der Waals surface area contributed by atoms with Gasteiger partial charge >= 0.3 is 12.0 Å². The van der Waals surface area contributed by atoms with Crippen LogP contribution in [0.2, 0.25) is 0 Å². The van der Waals surface area contributed by atoms with E-state index in [1.165, 1.54) is 0 Å². The average molecular weight is 305 g/mol. The van der Waals surface area contributed by atoms with Gasteiger partial charge in [-0.3, -0.25) is 4.79 Å². The number of nitrogens with two attached hydrogens (primary N) is 1. The molecule has 3 amide bonds. The number of rotatable bonds is 7. The van der Waals surface area contributed by atoms with Gasteiger partial charge < -0.3 is 21.5 Å². The summed E-state index contributed by atoms with van der Waals surface area (Å²) in [6, 6.07) is 4.83. The number of primary amides is 1. The highest BCUT2D eigenvalue weighted by Gasteiger charge is 2.19. The Morgan fingerprint density at radius 1 is 1.27 bits per heavy atom. The summed E-state index contributed by atoms with van der Waals surface area (Å²) < 4.78 is 0. The standard InChI is InChI=1S/C15H19N3O4/c1-2-3-4-12(14(20)21)18-13(19)11-7-5-10(6-8-11)9-17-15(16)22/h2-3,5-8,12H,4,9H2,1H3,(H,18,19)(H,20,21)(H3,16,17,22)/b3-2+. The Morgan fingerprint density at radius 3 is 2.41 bits per heavy atom. The van der Waals surface area contributed by atoms with Crippen molar-refractivity contribution in [3.8, 4) is 0 Å². The van der Waals surface area contributed by atoms with Crippen LogP contribution in [0.4, 0.5) is 4.79 Å². The largest absolute Gasteiger partial charge is 0.480 e. The first-order valence-electron chi connectivity index (χ1n) is 6.71. The van der Waals surface area contributed by atoms with Crippen molar-refractivity contribution < 1.29 is 19.5 Å². The molecule has 0 saturated heterocycles. The molecule has 1 atom stereocenters. The van der Waals surface area contributed by atoms with Crippen molar-refractivity contribution in [3.63, 3.8) is 0 Å². The van der Waals surface area contributed by atoms with Crippen molar-refractivity contribution in [1.29, 1.82) is 0 Å². The van der Waals surface area contributed by atoms with E-state index >= 15 is 0 Å². The highest BCUT2D eigenvalue weighted by molar-refractivity contribution is 5.96. The lowest BCUT2D eigenvalue weighted by molar-refractivity contribution is -0.139. The summed E-state index contributed by atoms with van der Waals surface area (Å²) in [5.74, 6) is -1.56. The number of nitrogens with one attached hydrogen (secondary N) is 2. The third kappa shape index (κ3) is 5.66. The summed E-state index contributed by atoms with van der Waals surface area (Å²) in [5.41, 5.74) is 6.09. The molecule has 0 radical (unpaired) electrons. The zero-order chi connectivity index (χ0) is 16.5. The van der Waals surface area contributed by atoms with E-state index in [2.05, 4.69) is 10.6 Å². The minimum Gasteiger partial charge on any atom is -0.480 e. The van der Waals surface area contributed by atoms with Gasteiger partial charge in [-0.05, 0) is 31.0 Å². The number of amides is 3. The lowest BCUT2D eigenvalue weighted by atomic mass is 10.1. The van der Waals surface area contributed by atoms with E-state index in [4.69, 9.17) is 10.8 Å². The summed E-state index contributed by atoms with van der Waals surface area (Å²) >= 11 is 0. The Labute approximate surface area is 128 Å². The summed E-state index contributed by atoms with van der Waals surface area (Å²) in [6.45, 7) is 2.04. The quantitative estimate of drug-likeness (QED) is 0.561. The number of benzene rings is 1. The lowest BCUT2D eigenvalue weighted by Gasteiger charge is -2.13. The van der Waals surface area contributed by atoms with Gasteiger partial charge in [-0.1, -0.05) is 24.3 Å². The van der Waals surface area contributed by atoms with Crippen LogP contribution in [0.5, 0.6) is 0 Å². The van der Waals surface area contributed by atoms with Crippen LogP contribution in [0.1, 0.15) is 29.3 Å². The molecule has 0 bridgehead atoms. The molecule has 1 aromatic carbocycles. The first kappa shape index (κ1) is 17.2. The van der Waals surface area contributed by atoms with Crippen molar-refractivity contribution in [2.24, 2.45) is 5.73 Å². The number of hydrogen-bond donors (Lipinski definition) is 4. The van der Waals surface area contributed by atoms with Crippen molar-refractivity contribution in [2.75, 3.05) is 0 Å². The van der Waals surface area contributed by atoms with Gasteiger partial charge in [0.05, 0.1) is 0 Å². The van der Waals surface area contributed by atoms with Crippen LogP contribution in [0.25, 0.3) is 0 Å². The molecule has 0 aromatic heterocycles. The fourth-order valence-electron chi connectivity index (χ4n) is 1.70. The second-order valence-corrected chi connectivity index (χ2v) is 4.58. The molecule has 0 heterocycles. The monoisotopic (exact) mass is 305 g/mol. The zero-order valence-corrected chi connectivity index (χ0v) is 12.2. The van der Waals surface area contributed by atoms with E-state index in [9.17, 15) is 14.4 Å². The molecule has 7 heteroatoms. The van der Waals surface area contributed by atoms with Crippen molar-refractivity contribution >= 4 is 17.9 Å². The Kier molecular flexibility index (Phi) is 6.62. The van der Waals surface area contributed by atoms with Gasteiger partial charge in [-0.2, -0.15) is 0 Å². The van der Waals surface area contributed by atoms with Crippen LogP contribution in [0.15, 0.2) is 36.4 Å². The number of allylic oxidation sites excluding steroid dienone is 1. The third-order valence-electron chi connectivity index (χ3n) is 2.89. The molecule has 0 aliphatic heterocycles. The first-order valence-corrected chi connectivity index (χ1v) is 6.71. The van der Waals surface area contributed by atoms with Crippen molar-refractivity contribution in [1.82, 2.24) is 10.6 Å². The highest BCUT2D eigenvalue weighted by Crippen LogP contribution is 2.06. The first-order chi connectivity index (χ1) is 10.4. The maximum Gasteiger partial charge on any atom is 0.326 e. The number of carboxylic acid groups (broad SMARTS) is 1. The normalized spacial score (nSPS) is 11.9. The van der Waals surface area contributed by atoms with E-state index in [0.717, 1.165) is 5.56 Å². The molecule has 0 aliphatic rings. The second kappa shape index (κ2) is 8.46. The van der Waals surface area contributed by atoms with Crippen LogP contribution >= 0.6 is 0 Å².